The molecular weight excluding hydrogens is 463 g/mol. The molecule has 0 fully saturated rings. The predicted molar refractivity (Wildman–Crippen MR) is 122 cm³/mol. The number of hydrogen-bond acceptors (Lipinski definition) is 2. The minimum atomic E-state index is -2.45. The number of carbonyl (C=O) groups excluding carboxylic acids is 1. The molecule has 0 spiro atoms. The monoisotopic (exact) mass is 490 g/mol. The second kappa shape index (κ2) is 7.41. The molecule has 0 saturated carbocycles. The van der Waals surface area contributed by atoms with Crippen LogP contribution >= 0.6 is 20.4 Å². The molecule has 2 aromatic rings. The Morgan fingerprint density at radius 2 is 1.57 bits per heavy atom. The standard InChI is InChI=1S/C22H27IN4O/c1-21(2,3)16-11-15(12-17(13-16)22(4,5)6)14-27-20(28)18-9-7-8-10-19(18)23(27)25-26-24/h7-13H,14H2,1-6H3. The first-order chi connectivity index (χ1) is 13.0. The van der Waals surface area contributed by atoms with Gasteiger partial charge in [-0.05, 0) is 0 Å². The maximum atomic E-state index is 13.0. The molecule has 0 atom stereocenters. The molecule has 0 aliphatic carbocycles. The van der Waals surface area contributed by atoms with Crippen LogP contribution in [0.1, 0.15) is 68.6 Å². The van der Waals surface area contributed by atoms with Crippen molar-refractivity contribution in [2.45, 2.75) is 58.9 Å². The van der Waals surface area contributed by atoms with Crippen LogP contribution in [0.15, 0.2) is 45.8 Å². The number of halogens is 1. The van der Waals surface area contributed by atoms with Crippen LogP contribution in [-0.4, -0.2) is 9.02 Å². The summed E-state index contributed by atoms with van der Waals surface area (Å²) in [7, 11) is 0. The Hall–Kier alpha value is -2.05. The average molecular weight is 490 g/mol. The quantitative estimate of drug-likeness (QED) is 0.154. The summed E-state index contributed by atoms with van der Waals surface area (Å²) in [6.07, 6.45) is 0. The van der Waals surface area contributed by atoms with Crippen molar-refractivity contribution < 1.29 is 4.79 Å². The van der Waals surface area contributed by atoms with E-state index < -0.39 is 20.4 Å². The van der Waals surface area contributed by atoms with E-state index in [1.807, 2.05) is 27.4 Å². The van der Waals surface area contributed by atoms with Crippen molar-refractivity contribution >= 4 is 26.3 Å². The van der Waals surface area contributed by atoms with E-state index in [0.29, 0.717) is 12.1 Å². The molecule has 0 unspecified atom stereocenters. The van der Waals surface area contributed by atoms with Gasteiger partial charge in [-0.2, -0.15) is 0 Å². The van der Waals surface area contributed by atoms with E-state index in [4.69, 9.17) is 5.53 Å². The predicted octanol–water partition coefficient (Wildman–Crippen LogP) is 6.75. The molecule has 2 aromatic carbocycles. The molecule has 0 radical (unpaired) electrons. The fourth-order valence-corrected chi connectivity index (χ4v) is 7.27. The first-order valence-corrected chi connectivity index (χ1v) is 12.3. The van der Waals surface area contributed by atoms with Crippen molar-refractivity contribution in [2.75, 3.05) is 0 Å². The Morgan fingerprint density at radius 3 is 2.11 bits per heavy atom. The number of benzene rings is 2. The van der Waals surface area contributed by atoms with E-state index in [9.17, 15) is 4.79 Å². The summed E-state index contributed by atoms with van der Waals surface area (Å²) < 4.78 is 6.83. The molecule has 1 heterocycles. The normalized spacial score (nSPS) is 15.4. The van der Waals surface area contributed by atoms with E-state index in [2.05, 4.69) is 68.0 Å². The van der Waals surface area contributed by atoms with Crippen LogP contribution in [0, 0.1) is 3.57 Å². The van der Waals surface area contributed by atoms with E-state index in [1.54, 1.807) is 0 Å². The van der Waals surface area contributed by atoms with Crippen molar-refractivity contribution in [3.63, 3.8) is 0 Å². The SMILES string of the molecule is CC(C)(C)c1cc(CN2C(=O)c3ccccc3I2N=[N+]=[N-])cc(C(C)(C)C)c1. The van der Waals surface area contributed by atoms with Crippen molar-refractivity contribution in [1.82, 2.24) is 3.11 Å². The van der Waals surface area contributed by atoms with Crippen LogP contribution in [0.5, 0.6) is 0 Å². The summed E-state index contributed by atoms with van der Waals surface area (Å²) in [5.74, 6) is -0.0216. The van der Waals surface area contributed by atoms with Gasteiger partial charge < -0.3 is 0 Å². The third kappa shape index (κ3) is 4.03. The molecule has 0 bridgehead atoms. The Balaban J connectivity index is 2.05. The Morgan fingerprint density at radius 1 is 1.00 bits per heavy atom. The van der Waals surface area contributed by atoms with Gasteiger partial charge in [-0.3, -0.25) is 0 Å². The zero-order chi connectivity index (χ0) is 20.7. The Kier molecular flexibility index (Phi) is 5.47. The number of azide groups is 1. The number of rotatable bonds is 3. The maximum absolute atomic E-state index is 13.0. The van der Waals surface area contributed by atoms with Gasteiger partial charge in [-0.1, -0.05) is 0 Å². The van der Waals surface area contributed by atoms with Gasteiger partial charge in [0.05, 0.1) is 0 Å². The molecule has 3 rings (SSSR count). The number of hydrogen-bond donors (Lipinski definition) is 0. The zero-order valence-corrected chi connectivity index (χ0v) is 19.5. The molecule has 0 N–H and O–H groups in total. The molecular formula is C22H27IN4O. The summed E-state index contributed by atoms with van der Waals surface area (Å²) in [4.78, 5) is 16.1. The third-order valence-corrected chi connectivity index (χ3v) is 9.32. The average Bonchev–Trinajstić information content (AvgIpc) is 2.86. The molecule has 0 saturated heterocycles. The van der Waals surface area contributed by atoms with Crippen molar-refractivity contribution in [3.8, 4) is 0 Å². The van der Waals surface area contributed by atoms with Gasteiger partial charge in [0, 0.05) is 0 Å². The number of amides is 1. The minimum absolute atomic E-state index is 0.0110. The first kappa shape index (κ1) is 20.7. The van der Waals surface area contributed by atoms with Crippen LogP contribution < -0.4 is 0 Å². The second-order valence-corrected chi connectivity index (χ2v) is 13.3. The molecule has 5 nitrogen and oxygen atoms in total. The van der Waals surface area contributed by atoms with Crippen LogP contribution in [0.25, 0.3) is 10.4 Å². The summed E-state index contributed by atoms with van der Waals surface area (Å²) in [5.41, 5.74) is 13.4. The molecule has 1 aliphatic rings. The van der Waals surface area contributed by atoms with Gasteiger partial charge in [-0.25, -0.2) is 0 Å². The van der Waals surface area contributed by atoms with Gasteiger partial charge in [0.15, 0.2) is 0 Å². The van der Waals surface area contributed by atoms with Gasteiger partial charge in [0.2, 0.25) is 0 Å². The fraction of sp³-hybridized carbons (Fsp3) is 0.409. The Labute approximate surface area is 174 Å². The number of nitrogens with zero attached hydrogens (tertiary/aromatic N) is 4. The number of carbonyl (C=O) groups is 1. The third-order valence-electron chi connectivity index (χ3n) is 4.85. The van der Waals surface area contributed by atoms with E-state index in [-0.39, 0.29) is 16.7 Å². The van der Waals surface area contributed by atoms with Crippen LogP contribution in [0.2, 0.25) is 0 Å². The van der Waals surface area contributed by atoms with Gasteiger partial charge in [-0.15, -0.1) is 0 Å². The first-order valence-electron chi connectivity index (χ1n) is 9.33. The van der Waals surface area contributed by atoms with Crippen molar-refractivity contribution in [3.05, 3.63) is 78.7 Å². The van der Waals surface area contributed by atoms with E-state index in [1.165, 1.54) is 11.1 Å². The molecule has 6 heteroatoms. The van der Waals surface area contributed by atoms with Crippen LogP contribution in [0.3, 0.4) is 0 Å². The van der Waals surface area contributed by atoms with Gasteiger partial charge in [0.25, 0.3) is 0 Å². The number of fused-ring (bicyclic) bond motifs is 1. The molecule has 28 heavy (non-hydrogen) atoms. The summed E-state index contributed by atoms with van der Waals surface area (Å²) in [5, 5.41) is 0. The van der Waals surface area contributed by atoms with Gasteiger partial charge >= 0.3 is 175 Å². The van der Waals surface area contributed by atoms with E-state index >= 15 is 0 Å². The molecule has 148 valence electrons. The summed E-state index contributed by atoms with van der Waals surface area (Å²) in [6.45, 7) is 13.7. The molecule has 1 amide bonds. The van der Waals surface area contributed by atoms with Crippen LogP contribution in [-0.2, 0) is 17.4 Å². The second-order valence-electron chi connectivity index (χ2n) is 9.13. The Bertz CT molecular complexity index is 933. The van der Waals surface area contributed by atoms with Crippen LogP contribution in [0.4, 0.5) is 0 Å². The molecule has 0 aromatic heterocycles. The van der Waals surface area contributed by atoms with E-state index in [0.717, 1.165) is 9.13 Å². The summed E-state index contributed by atoms with van der Waals surface area (Å²) in [6, 6.07) is 14.2. The van der Waals surface area contributed by atoms with Crippen molar-refractivity contribution in [2.24, 2.45) is 3.33 Å². The summed E-state index contributed by atoms with van der Waals surface area (Å²) >= 11 is -2.45. The van der Waals surface area contributed by atoms with Gasteiger partial charge in [0.1, 0.15) is 0 Å². The topological polar surface area (TPSA) is 69.1 Å². The zero-order valence-electron chi connectivity index (χ0n) is 17.3. The fourth-order valence-electron chi connectivity index (χ4n) is 3.15. The molecule has 1 aliphatic heterocycles. The van der Waals surface area contributed by atoms with Crippen molar-refractivity contribution in [1.29, 1.82) is 0 Å².